The lowest BCUT2D eigenvalue weighted by molar-refractivity contribution is -0.185. The number of rotatable bonds is 10. The summed E-state index contributed by atoms with van der Waals surface area (Å²) in [5, 5.41) is 11.9. The molecular weight excluding hydrogens is 522 g/mol. The topological polar surface area (TPSA) is 86.7 Å². The number of benzene rings is 3. The summed E-state index contributed by atoms with van der Waals surface area (Å²) in [4.78, 5) is 15.4. The first-order chi connectivity index (χ1) is 18.4. The molecule has 0 spiro atoms. The molecule has 0 fully saturated rings. The number of carbonyl (C=O) groups excluding carboxylic acids is 1. The van der Waals surface area contributed by atoms with E-state index in [1.807, 2.05) is 38.4 Å². The first-order valence-corrected chi connectivity index (χ1v) is 12.5. The maximum Gasteiger partial charge on any atom is 0.342 e. The monoisotopic (exact) mass is 553 g/mol. The van der Waals surface area contributed by atoms with Crippen molar-refractivity contribution in [2.45, 2.75) is 18.6 Å². The number of aliphatic hydroxyl groups is 1. The fourth-order valence-corrected chi connectivity index (χ4v) is 4.62. The molecule has 8 nitrogen and oxygen atoms in total. The summed E-state index contributed by atoms with van der Waals surface area (Å²) in [7, 11) is 5.63. The predicted octanol–water partition coefficient (Wildman–Crippen LogP) is 4.57. The molecule has 0 bridgehead atoms. The minimum atomic E-state index is -1.95. The first kappa shape index (κ1) is 28.3. The Bertz CT molecular complexity index is 1340. The molecule has 206 valence electrons. The molecule has 3 aromatic carbocycles. The number of methoxy groups -OCH3 is 1. The first-order valence-electron chi connectivity index (χ1n) is 12.5. The maximum atomic E-state index is 13.3. The van der Waals surface area contributed by atoms with Gasteiger partial charge < -0.3 is 33.7 Å². The summed E-state index contributed by atoms with van der Waals surface area (Å²) < 4.78 is 27.8. The van der Waals surface area contributed by atoms with Gasteiger partial charge in [0.05, 0.1) is 19.3 Å². The smallest absolute Gasteiger partial charge is 0.342 e. The lowest BCUT2D eigenvalue weighted by Gasteiger charge is -2.26. The molecule has 0 radical (unpaired) electrons. The number of halogens is 1. The van der Waals surface area contributed by atoms with E-state index in [1.165, 1.54) is 0 Å². The third-order valence-corrected chi connectivity index (χ3v) is 6.62. The van der Waals surface area contributed by atoms with Gasteiger partial charge in [0.25, 0.3) is 5.79 Å². The SMILES string of the molecule is COc1ccc(C2(O)OC(=O)C(c3ccc4c(c3)OCO4)=C2Cc2ccc(OCCCN(C)C)cc2)cc1.Cl. The predicted molar refractivity (Wildman–Crippen MR) is 149 cm³/mol. The summed E-state index contributed by atoms with van der Waals surface area (Å²) in [5.74, 6) is -0.0214. The summed E-state index contributed by atoms with van der Waals surface area (Å²) in [6.45, 7) is 1.69. The lowest BCUT2D eigenvalue weighted by atomic mass is 9.88. The molecule has 1 N–H and O–H groups in total. The summed E-state index contributed by atoms with van der Waals surface area (Å²) >= 11 is 0. The zero-order chi connectivity index (χ0) is 26.7. The fraction of sp³-hybridized carbons (Fsp3) is 0.300. The van der Waals surface area contributed by atoms with E-state index in [-0.39, 0.29) is 25.6 Å². The molecule has 0 aromatic heterocycles. The van der Waals surface area contributed by atoms with Crippen molar-refractivity contribution in [3.05, 3.63) is 89.0 Å². The molecule has 3 aromatic rings. The van der Waals surface area contributed by atoms with Crippen molar-refractivity contribution in [1.82, 2.24) is 4.90 Å². The third-order valence-electron chi connectivity index (χ3n) is 6.62. The minimum absolute atomic E-state index is 0. The van der Waals surface area contributed by atoms with Crippen molar-refractivity contribution in [2.75, 3.05) is 41.1 Å². The van der Waals surface area contributed by atoms with Crippen LogP contribution in [-0.2, 0) is 21.7 Å². The van der Waals surface area contributed by atoms with Crippen LogP contribution in [0.15, 0.2) is 72.3 Å². The van der Waals surface area contributed by atoms with Crippen LogP contribution in [0, 0.1) is 0 Å². The van der Waals surface area contributed by atoms with Crippen LogP contribution >= 0.6 is 12.4 Å². The average Bonchev–Trinajstić information content (AvgIpc) is 3.49. The molecule has 0 amide bonds. The Balaban J connectivity index is 0.00000353. The molecule has 39 heavy (non-hydrogen) atoms. The highest BCUT2D eigenvalue weighted by molar-refractivity contribution is 6.20. The molecule has 2 aliphatic rings. The van der Waals surface area contributed by atoms with E-state index in [1.54, 1.807) is 49.6 Å². The largest absolute Gasteiger partial charge is 0.497 e. The van der Waals surface area contributed by atoms with Gasteiger partial charge in [-0.15, -0.1) is 12.4 Å². The zero-order valence-electron chi connectivity index (χ0n) is 22.1. The molecule has 2 heterocycles. The van der Waals surface area contributed by atoms with Gasteiger partial charge in [-0.3, -0.25) is 0 Å². The normalized spacial score (nSPS) is 17.7. The Morgan fingerprint density at radius 2 is 1.64 bits per heavy atom. The molecule has 1 unspecified atom stereocenters. The third kappa shape index (κ3) is 5.98. The second-order valence-corrected chi connectivity index (χ2v) is 9.51. The van der Waals surface area contributed by atoms with Gasteiger partial charge in [0.15, 0.2) is 11.5 Å². The number of ether oxygens (including phenoxy) is 5. The summed E-state index contributed by atoms with van der Waals surface area (Å²) in [6, 6.07) is 19.8. The van der Waals surface area contributed by atoms with Crippen molar-refractivity contribution in [3.8, 4) is 23.0 Å². The van der Waals surface area contributed by atoms with Crippen LogP contribution in [-0.4, -0.2) is 57.1 Å². The van der Waals surface area contributed by atoms with Gasteiger partial charge in [-0.25, -0.2) is 4.79 Å². The Labute approximate surface area is 234 Å². The highest BCUT2D eigenvalue weighted by Gasteiger charge is 2.48. The van der Waals surface area contributed by atoms with Crippen molar-refractivity contribution in [1.29, 1.82) is 0 Å². The molecule has 0 aliphatic carbocycles. The van der Waals surface area contributed by atoms with Crippen LogP contribution in [0.3, 0.4) is 0 Å². The number of nitrogens with zero attached hydrogens (tertiary/aromatic N) is 1. The fourth-order valence-electron chi connectivity index (χ4n) is 4.62. The molecule has 5 rings (SSSR count). The molecule has 9 heteroatoms. The summed E-state index contributed by atoms with van der Waals surface area (Å²) in [5.41, 5.74) is 2.64. The van der Waals surface area contributed by atoms with Crippen LogP contribution in [0.5, 0.6) is 23.0 Å². The Morgan fingerprint density at radius 1 is 0.949 bits per heavy atom. The Hall–Kier alpha value is -3.72. The average molecular weight is 554 g/mol. The Kier molecular flexibility index (Phi) is 8.70. The molecule has 0 saturated carbocycles. The molecule has 2 aliphatic heterocycles. The Morgan fingerprint density at radius 3 is 2.33 bits per heavy atom. The van der Waals surface area contributed by atoms with Gasteiger partial charge in [-0.2, -0.15) is 0 Å². The van der Waals surface area contributed by atoms with Crippen LogP contribution in [0.4, 0.5) is 0 Å². The van der Waals surface area contributed by atoms with Gasteiger partial charge in [0.2, 0.25) is 6.79 Å². The van der Waals surface area contributed by atoms with E-state index in [2.05, 4.69) is 4.90 Å². The van der Waals surface area contributed by atoms with Gasteiger partial charge in [0, 0.05) is 24.1 Å². The number of carbonyl (C=O) groups is 1. The number of hydrogen-bond acceptors (Lipinski definition) is 8. The van der Waals surface area contributed by atoms with Crippen molar-refractivity contribution in [3.63, 3.8) is 0 Å². The molecular formula is C30H32ClNO7. The number of cyclic esters (lactones) is 1. The van der Waals surface area contributed by atoms with E-state index in [4.69, 9.17) is 23.7 Å². The molecule has 0 saturated heterocycles. The van der Waals surface area contributed by atoms with E-state index in [0.717, 1.165) is 24.3 Å². The second kappa shape index (κ2) is 12.0. The van der Waals surface area contributed by atoms with Gasteiger partial charge >= 0.3 is 5.97 Å². The van der Waals surface area contributed by atoms with Crippen LogP contribution in [0.25, 0.3) is 5.57 Å². The minimum Gasteiger partial charge on any atom is -0.497 e. The number of hydrogen-bond donors (Lipinski definition) is 1. The van der Waals surface area contributed by atoms with Gasteiger partial charge in [-0.05, 0) is 80.2 Å². The van der Waals surface area contributed by atoms with Gasteiger partial charge in [0.1, 0.15) is 11.5 Å². The van der Waals surface area contributed by atoms with E-state index < -0.39 is 11.8 Å². The van der Waals surface area contributed by atoms with Crippen LogP contribution < -0.4 is 18.9 Å². The quantitative estimate of drug-likeness (QED) is 0.288. The van der Waals surface area contributed by atoms with Crippen molar-refractivity contribution < 1.29 is 33.6 Å². The van der Waals surface area contributed by atoms with E-state index >= 15 is 0 Å². The number of fused-ring (bicyclic) bond motifs is 1. The zero-order valence-corrected chi connectivity index (χ0v) is 23.0. The summed E-state index contributed by atoms with van der Waals surface area (Å²) in [6.07, 6.45) is 1.20. The van der Waals surface area contributed by atoms with E-state index in [9.17, 15) is 9.90 Å². The highest BCUT2D eigenvalue weighted by Crippen LogP contribution is 2.46. The number of esters is 1. The van der Waals surface area contributed by atoms with Crippen LogP contribution in [0.1, 0.15) is 23.1 Å². The van der Waals surface area contributed by atoms with Crippen molar-refractivity contribution >= 4 is 23.9 Å². The van der Waals surface area contributed by atoms with Crippen LogP contribution in [0.2, 0.25) is 0 Å². The highest BCUT2D eigenvalue weighted by atomic mass is 35.5. The standard InChI is InChI=1S/C30H31NO7.ClH/c1-31(2)15-4-16-35-24-10-5-20(6-11-24)17-25-28(21-7-14-26-27(18-21)37-19-36-26)29(32)38-30(25,33)22-8-12-23(34-3)13-9-22;/h5-14,18,33H,4,15-17,19H2,1-3H3;1H. The van der Waals surface area contributed by atoms with Gasteiger partial charge in [-0.1, -0.05) is 18.2 Å². The second-order valence-electron chi connectivity index (χ2n) is 9.51. The van der Waals surface area contributed by atoms with E-state index in [0.29, 0.717) is 46.1 Å². The van der Waals surface area contributed by atoms with Crippen molar-refractivity contribution in [2.24, 2.45) is 0 Å². The molecule has 1 atom stereocenters. The lowest BCUT2D eigenvalue weighted by Crippen LogP contribution is -2.29. The maximum absolute atomic E-state index is 13.3.